The first-order valence-corrected chi connectivity index (χ1v) is 11.3. The van der Waals surface area contributed by atoms with Gasteiger partial charge in [-0.25, -0.2) is 8.42 Å². The zero-order valence-electron chi connectivity index (χ0n) is 16.4. The first-order valence-electron chi connectivity index (χ1n) is 9.07. The summed E-state index contributed by atoms with van der Waals surface area (Å²) in [6, 6.07) is 17.9. The zero-order chi connectivity index (χ0) is 22.6. The molecule has 0 saturated carbocycles. The Kier molecular flexibility index (Phi) is 6.71. The molecule has 10 heteroatoms. The van der Waals surface area contributed by atoms with Crippen LogP contribution in [0.4, 0.5) is 17.1 Å². The molecule has 0 aliphatic heterocycles. The van der Waals surface area contributed by atoms with Crippen LogP contribution in [0.3, 0.4) is 0 Å². The van der Waals surface area contributed by atoms with E-state index in [-0.39, 0.29) is 16.3 Å². The number of nitrogens with one attached hydrogen (secondary N) is 1. The van der Waals surface area contributed by atoms with Crippen molar-refractivity contribution in [3.05, 3.63) is 92.9 Å². The minimum absolute atomic E-state index is 0.0141. The standard InChI is InChI=1S/C21H18BrN3O5S/c1-15-12-16(10-11-20(15)22)23-21(26)14-24(17-6-5-7-18(13-17)25(27)28)31(29,30)19-8-3-2-4-9-19/h2-13H,14H2,1H3,(H,23,26). The van der Waals surface area contributed by atoms with Gasteiger partial charge in [0.25, 0.3) is 15.7 Å². The molecule has 0 unspecified atom stereocenters. The number of sulfonamides is 1. The average Bonchev–Trinajstić information content (AvgIpc) is 2.75. The highest BCUT2D eigenvalue weighted by Crippen LogP contribution is 2.27. The Morgan fingerprint density at radius 2 is 1.77 bits per heavy atom. The molecule has 0 radical (unpaired) electrons. The number of halogens is 1. The summed E-state index contributed by atoms with van der Waals surface area (Å²) in [5.41, 5.74) is 1.13. The minimum Gasteiger partial charge on any atom is -0.325 e. The predicted molar refractivity (Wildman–Crippen MR) is 122 cm³/mol. The van der Waals surface area contributed by atoms with Gasteiger partial charge >= 0.3 is 0 Å². The van der Waals surface area contributed by atoms with Crippen LogP contribution in [0.2, 0.25) is 0 Å². The second-order valence-electron chi connectivity index (χ2n) is 6.61. The van der Waals surface area contributed by atoms with E-state index in [1.807, 2.05) is 6.92 Å². The van der Waals surface area contributed by atoms with Gasteiger partial charge in [0.05, 0.1) is 15.5 Å². The van der Waals surface area contributed by atoms with Gasteiger partial charge in [-0.3, -0.25) is 19.2 Å². The summed E-state index contributed by atoms with van der Waals surface area (Å²) in [5.74, 6) is -0.590. The van der Waals surface area contributed by atoms with E-state index in [1.165, 1.54) is 30.3 Å². The van der Waals surface area contributed by atoms with Gasteiger partial charge in [0.1, 0.15) is 6.54 Å². The van der Waals surface area contributed by atoms with Crippen LogP contribution in [0.5, 0.6) is 0 Å². The third-order valence-corrected chi connectivity index (χ3v) is 7.07. The molecule has 3 rings (SSSR count). The molecule has 160 valence electrons. The number of carbonyl (C=O) groups is 1. The van der Waals surface area contributed by atoms with Crippen LogP contribution in [0.1, 0.15) is 5.56 Å². The van der Waals surface area contributed by atoms with Crippen LogP contribution in [0.15, 0.2) is 82.2 Å². The summed E-state index contributed by atoms with van der Waals surface area (Å²) in [7, 11) is -4.16. The van der Waals surface area contributed by atoms with Gasteiger partial charge in [0.15, 0.2) is 0 Å². The Bertz CT molecular complexity index is 1230. The number of aryl methyl sites for hydroxylation is 1. The van der Waals surface area contributed by atoms with Crippen LogP contribution in [0, 0.1) is 17.0 Å². The molecule has 0 aliphatic carbocycles. The summed E-state index contributed by atoms with van der Waals surface area (Å²) < 4.78 is 28.3. The summed E-state index contributed by atoms with van der Waals surface area (Å²) in [4.78, 5) is 23.2. The highest BCUT2D eigenvalue weighted by molar-refractivity contribution is 9.10. The molecule has 0 spiro atoms. The van der Waals surface area contributed by atoms with Gasteiger partial charge in [0, 0.05) is 22.3 Å². The van der Waals surface area contributed by atoms with Crippen LogP contribution >= 0.6 is 15.9 Å². The molecule has 31 heavy (non-hydrogen) atoms. The molecule has 0 heterocycles. The molecule has 0 bridgehead atoms. The molecular formula is C21H18BrN3O5S. The van der Waals surface area contributed by atoms with E-state index >= 15 is 0 Å². The molecule has 0 aliphatic rings. The molecule has 8 nitrogen and oxygen atoms in total. The number of carbonyl (C=O) groups excluding carboxylic acids is 1. The summed E-state index contributed by atoms with van der Waals surface area (Å²) in [6.07, 6.45) is 0. The van der Waals surface area contributed by atoms with Gasteiger partial charge in [0.2, 0.25) is 5.91 Å². The molecule has 1 N–H and O–H groups in total. The average molecular weight is 504 g/mol. The second kappa shape index (κ2) is 9.27. The van der Waals surface area contributed by atoms with Crippen molar-refractivity contribution in [1.29, 1.82) is 0 Å². The Morgan fingerprint density at radius 1 is 1.06 bits per heavy atom. The number of hydrogen-bond donors (Lipinski definition) is 1. The van der Waals surface area contributed by atoms with E-state index in [4.69, 9.17) is 0 Å². The van der Waals surface area contributed by atoms with Crippen molar-refractivity contribution in [2.45, 2.75) is 11.8 Å². The number of anilines is 2. The second-order valence-corrected chi connectivity index (χ2v) is 9.33. The third-order valence-electron chi connectivity index (χ3n) is 4.39. The van der Waals surface area contributed by atoms with Crippen LogP contribution < -0.4 is 9.62 Å². The smallest absolute Gasteiger partial charge is 0.271 e. The summed E-state index contributed by atoms with van der Waals surface area (Å²) >= 11 is 3.38. The lowest BCUT2D eigenvalue weighted by Crippen LogP contribution is -2.38. The van der Waals surface area contributed by atoms with Crippen LogP contribution in [-0.4, -0.2) is 25.8 Å². The number of hydrogen-bond acceptors (Lipinski definition) is 5. The van der Waals surface area contributed by atoms with E-state index in [1.54, 1.807) is 36.4 Å². The number of nitro groups is 1. The Balaban J connectivity index is 1.97. The normalized spacial score (nSPS) is 11.0. The number of non-ortho nitro benzene ring substituents is 1. The third kappa shape index (κ3) is 5.28. The number of nitrogens with zero attached hydrogens (tertiary/aromatic N) is 2. The fourth-order valence-electron chi connectivity index (χ4n) is 2.85. The zero-order valence-corrected chi connectivity index (χ0v) is 18.8. The molecular weight excluding hydrogens is 486 g/mol. The van der Waals surface area contributed by atoms with Crippen molar-refractivity contribution in [2.24, 2.45) is 0 Å². The maximum absolute atomic E-state index is 13.3. The maximum Gasteiger partial charge on any atom is 0.271 e. The van der Waals surface area contributed by atoms with E-state index in [9.17, 15) is 23.3 Å². The fourth-order valence-corrected chi connectivity index (χ4v) is 4.53. The Labute approximate surface area is 187 Å². The predicted octanol–water partition coefficient (Wildman–Crippen LogP) is 4.50. The van der Waals surface area contributed by atoms with Crippen LogP contribution in [-0.2, 0) is 14.8 Å². The van der Waals surface area contributed by atoms with Crippen molar-refractivity contribution < 1.29 is 18.1 Å². The molecule has 0 atom stereocenters. The Hall–Kier alpha value is -3.24. The molecule has 0 fully saturated rings. The van der Waals surface area contributed by atoms with Gasteiger partial charge in [-0.05, 0) is 48.9 Å². The van der Waals surface area contributed by atoms with Gasteiger partial charge in [-0.1, -0.05) is 40.2 Å². The van der Waals surface area contributed by atoms with Crippen molar-refractivity contribution in [2.75, 3.05) is 16.2 Å². The fraction of sp³-hybridized carbons (Fsp3) is 0.0952. The topological polar surface area (TPSA) is 110 Å². The Morgan fingerprint density at radius 3 is 2.42 bits per heavy atom. The van der Waals surface area contributed by atoms with Gasteiger partial charge in [-0.15, -0.1) is 0 Å². The quantitative estimate of drug-likeness (QED) is 0.377. The van der Waals surface area contributed by atoms with Crippen molar-refractivity contribution in [3.8, 4) is 0 Å². The lowest BCUT2D eigenvalue weighted by molar-refractivity contribution is -0.384. The summed E-state index contributed by atoms with van der Waals surface area (Å²) in [6.45, 7) is 1.29. The molecule has 3 aromatic carbocycles. The first-order chi connectivity index (χ1) is 14.7. The monoisotopic (exact) mass is 503 g/mol. The van der Waals surface area contributed by atoms with Crippen molar-refractivity contribution >= 4 is 48.9 Å². The largest absolute Gasteiger partial charge is 0.325 e. The lowest BCUT2D eigenvalue weighted by Gasteiger charge is -2.24. The minimum atomic E-state index is -4.16. The van der Waals surface area contributed by atoms with E-state index < -0.39 is 27.4 Å². The number of amides is 1. The van der Waals surface area contributed by atoms with E-state index in [2.05, 4.69) is 21.2 Å². The maximum atomic E-state index is 13.3. The SMILES string of the molecule is Cc1cc(NC(=O)CN(c2cccc([N+](=O)[O-])c2)S(=O)(=O)c2ccccc2)ccc1Br. The molecule has 1 amide bonds. The highest BCUT2D eigenvalue weighted by atomic mass is 79.9. The molecule has 0 saturated heterocycles. The van der Waals surface area contributed by atoms with Crippen LogP contribution in [0.25, 0.3) is 0 Å². The van der Waals surface area contributed by atoms with Gasteiger partial charge in [-0.2, -0.15) is 0 Å². The number of nitro benzene ring substituents is 1. The number of benzene rings is 3. The lowest BCUT2D eigenvalue weighted by atomic mass is 10.2. The van der Waals surface area contributed by atoms with E-state index in [0.717, 1.165) is 20.4 Å². The molecule has 3 aromatic rings. The first kappa shape index (κ1) is 22.4. The van der Waals surface area contributed by atoms with Crippen molar-refractivity contribution in [3.63, 3.8) is 0 Å². The highest BCUT2D eigenvalue weighted by Gasteiger charge is 2.28. The summed E-state index contributed by atoms with van der Waals surface area (Å²) in [5, 5.41) is 13.8. The molecule has 0 aromatic heterocycles. The van der Waals surface area contributed by atoms with Crippen molar-refractivity contribution in [1.82, 2.24) is 0 Å². The van der Waals surface area contributed by atoms with Gasteiger partial charge < -0.3 is 5.32 Å². The van der Waals surface area contributed by atoms with E-state index in [0.29, 0.717) is 5.69 Å². The number of rotatable bonds is 7.